The summed E-state index contributed by atoms with van der Waals surface area (Å²) in [4.78, 5) is 23.9. The van der Waals surface area contributed by atoms with Crippen molar-refractivity contribution in [3.63, 3.8) is 0 Å². The molecule has 1 N–H and O–H groups in total. The van der Waals surface area contributed by atoms with Crippen molar-refractivity contribution >= 4 is 11.9 Å². The lowest BCUT2D eigenvalue weighted by Crippen LogP contribution is -2.49. The molecule has 5 nitrogen and oxygen atoms in total. The van der Waals surface area contributed by atoms with Crippen LogP contribution in [0.3, 0.4) is 0 Å². The van der Waals surface area contributed by atoms with E-state index in [1.54, 1.807) is 0 Å². The van der Waals surface area contributed by atoms with Crippen LogP contribution in [0, 0.1) is 12.3 Å². The SMILES string of the molecule is C#CCN(C(=O)C(=C)OC(=O)C(F)(F)F)[C@H]1CCCNC1. The highest BCUT2D eigenvalue weighted by atomic mass is 19.4. The molecule has 0 radical (unpaired) electrons. The Morgan fingerprint density at radius 3 is 2.62 bits per heavy atom. The average Bonchev–Trinajstić information content (AvgIpc) is 2.43. The minimum atomic E-state index is -5.19. The second kappa shape index (κ2) is 7.13. The van der Waals surface area contributed by atoms with Crippen molar-refractivity contribution in [3.8, 4) is 12.3 Å². The van der Waals surface area contributed by atoms with Crippen molar-refractivity contribution in [2.24, 2.45) is 0 Å². The molecule has 1 atom stereocenters. The summed E-state index contributed by atoms with van der Waals surface area (Å²) in [6.07, 6.45) is 1.43. The molecular weight excluding hydrogens is 289 g/mol. The predicted molar refractivity (Wildman–Crippen MR) is 67.7 cm³/mol. The Morgan fingerprint density at radius 2 is 2.14 bits per heavy atom. The maximum Gasteiger partial charge on any atom is 0.491 e. The van der Waals surface area contributed by atoms with Crippen molar-refractivity contribution in [2.45, 2.75) is 25.1 Å². The van der Waals surface area contributed by atoms with E-state index in [0.717, 1.165) is 13.0 Å². The van der Waals surface area contributed by atoms with Gasteiger partial charge >= 0.3 is 12.1 Å². The molecule has 0 aromatic carbocycles. The van der Waals surface area contributed by atoms with Crippen LogP contribution in [-0.4, -0.2) is 48.6 Å². The van der Waals surface area contributed by atoms with Crippen molar-refractivity contribution in [1.29, 1.82) is 0 Å². The minimum absolute atomic E-state index is 0.103. The summed E-state index contributed by atoms with van der Waals surface area (Å²) in [6, 6.07) is -0.274. The number of ether oxygens (including phenoxy) is 1. The van der Waals surface area contributed by atoms with E-state index >= 15 is 0 Å². The first-order valence-electron chi connectivity index (χ1n) is 6.20. The van der Waals surface area contributed by atoms with Crippen LogP contribution in [0.1, 0.15) is 12.8 Å². The van der Waals surface area contributed by atoms with E-state index < -0.39 is 23.8 Å². The monoisotopic (exact) mass is 304 g/mol. The smallest absolute Gasteiger partial charge is 0.415 e. The molecule has 0 aliphatic carbocycles. The van der Waals surface area contributed by atoms with Crippen LogP contribution >= 0.6 is 0 Å². The molecule has 0 bridgehead atoms. The summed E-state index contributed by atoms with van der Waals surface area (Å²) in [7, 11) is 0. The van der Waals surface area contributed by atoms with Gasteiger partial charge in [0.25, 0.3) is 5.91 Å². The lowest BCUT2D eigenvalue weighted by Gasteiger charge is -2.33. The van der Waals surface area contributed by atoms with E-state index in [0.29, 0.717) is 13.0 Å². The van der Waals surface area contributed by atoms with Crippen LogP contribution in [0.15, 0.2) is 12.3 Å². The molecule has 1 aliphatic rings. The number of rotatable bonds is 4. The zero-order valence-corrected chi connectivity index (χ0v) is 11.2. The highest BCUT2D eigenvalue weighted by Crippen LogP contribution is 2.20. The van der Waals surface area contributed by atoms with E-state index in [-0.39, 0.29) is 12.6 Å². The topological polar surface area (TPSA) is 58.6 Å². The summed E-state index contributed by atoms with van der Waals surface area (Å²) in [6.45, 7) is 4.24. The summed E-state index contributed by atoms with van der Waals surface area (Å²) < 4.78 is 40.2. The fourth-order valence-corrected chi connectivity index (χ4v) is 1.94. The first-order chi connectivity index (χ1) is 9.77. The van der Waals surface area contributed by atoms with E-state index in [1.807, 2.05) is 0 Å². The maximum absolute atomic E-state index is 12.1. The third-order valence-electron chi connectivity index (χ3n) is 2.92. The number of alkyl halides is 3. The molecule has 1 aliphatic heterocycles. The van der Waals surface area contributed by atoms with Crippen LogP contribution in [0.4, 0.5) is 13.2 Å². The summed E-state index contributed by atoms with van der Waals surface area (Å²) in [5, 5.41) is 3.05. The second-order valence-electron chi connectivity index (χ2n) is 4.45. The fraction of sp³-hybridized carbons (Fsp3) is 0.538. The first-order valence-corrected chi connectivity index (χ1v) is 6.20. The Hall–Kier alpha value is -2.01. The molecule has 21 heavy (non-hydrogen) atoms. The molecule has 8 heteroatoms. The van der Waals surface area contributed by atoms with Gasteiger partial charge in [-0.3, -0.25) is 4.79 Å². The normalized spacial score (nSPS) is 18.5. The number of esters is 1. The highest BCUT2D eigenvalue weighted by Gasteiger charge is 2.42. The lowest BCUT2D eigenvalue weighted by atomic mass is 10.1. The number of halogens is 3. The van der Waals surface area contributed by atoms with Crippen LogP contribution in [-0.2, 0) is 14.3 Å². The number of nitrogens with one attached hydrogen (secondary N) is 1. The summed E-state index contributed by atoms with van der Waals surface area (Å²) >= 11 is 0. The molecule has 0 saturated carbocycles. The minimum Gasteiger partial charge on any atom is -0.415 e. The van der Waals surface area contributed by atoms with Gasteiger partial charge in [0.1, 0.15) is 0 Å². The molecule has 1 fully saturated rings. The van der Waals surface area contributed by atoms with E-state index in [1.165, 1.54) is 4.90 Å². The molecule has 1 rings (SSSR count). The Labute approximate surface area is 120 Å². The molecule has 0 aromatic heterocycles. The quantitative estimate of drug-likeness (QED) is 0.361. The zero-order valence-electron chi connectivity index (χ0n) is 11.2. The van der Waals surface area contributed by atoms with Crippen molar-refractivity contribution < 1.29 is 27.5 Å². The standard InChI is InChI=1S/C13H15F3N2O3/c1-3-7-18(10-5-4-6-17-8-10)11(19)9(2)21-12(20)13(14,15)16/h1,10,17H,2,4-8H2/t10-/m0/s1. The molecule has 0 unspecified atom stereocenters. The molecule has 1 amide bonds. The van der Waals surface area contributed by atoms with Crippen LogP contribution in [0.5, 0.6) is 0 Å². The molecule has 0 aromatic rings. The van der Waals surface area contributed by atoms with Gasteiger partial charge in [-0.1, -0.05) is 12.5 Å². The molecule has 1 saturated heterocycles. The van der Waals surface area contributed by atoms with Crippen LogP contribution in [0.25, 0.3) is 0 Å². The fourth-order valence-electron chi connectivity index (χ4n) is 1.94. The van der Waals surface area contributed by atoms with Gasteiger partial charge < -0.3 is 15.0 Å². The number of nitrogens with zero attached hydrogens (tertiary/aromatic N) is 1. The largest absolute Gasteiger partial charge is 0.491 e. The second-order valence-corrected chi connectivity index (χ2v) is 4.45. The van der Waals surface area contributed by atoms with Gasteiger partial charge in [0, 0.05) is 12.6 Å². The van der Waals surface area contributed by atoms with Gasteiger partial charge in [0.2, 0.25) is 0 Å². The van der Waals surface area contributed by atoms with Crippen LogP contribution < -0.4 is 5.32 Å². The molecular formula is C13H15F3N2O3. The number of hydrogen-bond donors (Lipinski definition) is 1. The van der Waals surface area contributed by atoms with Gasteiger partial charge in [-0.25, -0.2) is 4.79 Å². The van der Waals surface area contributed by atoms with Gasteiger partial charge in [-0.05, 0) is 19.4 Å². The van der Waals surface area contributed by atoms with Crippen molar-refractivity contribution in [2.75, 3.05) is 19.6 Å². The number of hydrogen-bond acceptors (Lipinski definition) is 4. The highest BCUT2D eigenvalue weighted by molar-refractivity contribution is 5.94. The zero-order chi connectivity index (χ0) is 16.0. The van der Waals surface area contributed by atoms with Gasteiger partial charge in [-0.15, -0.1) is 6.42 Å². The van der Waals surface area contributed by atoms with E-state index in [2.05, 4.69) is 22.6 Å². The first kappa shape index (κ1) is 17.0. The lowest BCUT2D eigenvalue weighted by molar-refractivity contribution is -0.196. The molecule has 1 heterocycles. The van der Waals surface area contributed by atoms with Crippen LogP contribution in [0.2, 0.25) is 0 Å². The molecule has 116 valence electrons. The summed E-state index contributed by atoms with van der Waals surface area (Å²) in [5.41, 5.74) is 0. The summed E-state index contributed by atoms with van der Waals surface area (Å²) in [5.74, 6) is -2.03. The number of piperidine rings is 1. The number of amides is 1. The van der Waals surface area contributed by atoms with Gasteiger partial charge in [0.15, 0.2) is 5.76 Å². The Balaban J connectivity index is 2.74. The van der Waals surface area contributed by atoms with Crippen molar-refractivity contribution in [3.05, 3.63) is 12.3 Å². The Bertz CT molecular complexity index is 462. The van der Waals surface area contributed by atoms with Crippen molar-refractivity contribution in [1.82, 2.24) is 10.2 Å². The predicted octanol–water partition coefficient (Wildman–Crippen LogP) is 0.819. The van der Waals surface area contributed by atoms with Gasteiger partial charge in [-0.2, -0.15) is 13.2 Å². The average molecular weight is 304 g/mol. The van der Waals surface area contributed by atoms with E-state index in [9.17, 15) is 22.8 Å². The number of carbonyl (C=O) groups is 2. The Morgan fingerprint density at radius 1 is 1.48 bits per heavy atom. The number of terminal acetylenes is 1. The maximum atomic E-state index is 12.1. The molecule has 0 spiro atoms. The van der Waals surface area contributed by atoms with E-state index in [4.69, 9.17) is 6.42 Å². The third-order valence-corrected chi connectivity index (χ3v) is 2.92. The number of carbonyl (C=O) groups excluding carboxylic acids is 2. The Kier molecular flexibility index (Phi) is 5.79. The van der Waals surface area contributed by atoms with Gasteiger partial charge in [0.05, 0.1) is 6.54 Å². The third kappa shape index (κ3) is 4.79.